The Morgan fingerprint density at radius 1 is 1.33 bits per heavy atom. The van der Waals surface area contributed by atoms with Crippen LogP contribution in [0.1, 0.15) is 17.2 Å². The molecular formula is C13H15ClN4. The average Bonchev–Trinajstić information content (AvgIpc) is 2.38. The third-order valence-electron chi connectivity index (χ3n) is 2.79. The molecule has 4 nitrogen and oxygen atoms in total. The molecule has 1 atom stereocenters. The largest absolute Gasteiger partial charge is 0.398 e. The van der Waals surface area contributed by atoms with E-state index in [1.54, 1.807) is 18.3 Å². The highest BCUT2D eigenvalue weighted by Gasteiger charge is 2.13. The van der Waals surface area contributed by atoms with E-state index in [2.05, 4.69) is 10.4 Å². The Balaban J connectivity index is 2.23. The molecule has 0 amide bonds. The number of nitrogen functional groups attached to an aromatic ring is 1. The van der Waals surface area contributed by atoms with Crippen LogP contribution in [0.15, 0.2) is 42.7 Å². The van der Waals surface area contributed by atoms with E-state index in [-0.39, 0.29) is 6.04 Å². The maximum atomic E-state index is 5.96. The average molecular weight is 263 g/mol. The van der Waals surface area contributed by atoms with Crippen molar-refractivity contribution in [2.24, 2.45) is 5.84 Å². The summed E-state index contributed by atoms with van der Waals surface area (Å²) in [6.07, 6.45) is 4.28. The third-order valence-corrected chi connectivity index (χ3v) is 3.02. The Labute approximate surface area is 111 Å². The number of aromatic nitrogens is 1. The molecule has 0 saturated carbocycles. The van der Waals surface area contributed by atoms with Crippen LogP contribution in [0.4, 0.5) is 5.69 Å². The van der Waals surface area contributed by atoms with Crippen LogP contribution in [-0.4, -0.2) is 4.98 Å². The summed E-state index contributed by atoms with van der Waals surface area (Å²) in [5.41, 5.74) is 11.4. The smallest absolute Gasteiger partial charge is 0.0521 e. The third kappa shape index (κ3) is 2.98. The molecule has 0 spiro atoms. The van der Waals surface area contributed by atoms with Crippen molar-refractivity contribution >= 4 is 17.3 Å². The van der Waals surface area contributed by atoms with Gasteiger partial charge < -0.3 is 5.73 Å². The van der Waals surface area contributed by atoms with Crippen LogP contribution in [0.2, 0.25) is 5.02 Å². The number of pyridine rings is 1. The molecule has 1 unspecified atom stereocenters. The lowest BCUT2D eigenvalue weighted by Crippen LogP contribution is -2.30. The van der Waals surface area contributed by atoms with E-state index in [1.807, 2.05) is 24.4 Å². The number of hydrazine groups is 1. The van der Waals surface area contributed by atoms with E-state index in [4.69, 9.17) is 23.2 Å². The van der Waals surface area contributed by atoms with Crippen LogP contribution in [0.25, 0.3) is 0 Å². The highest BCUT2D eigenvalue weighted by Crippen LogP contribution is 2.25. The van der Waals surface area contributed by atoms with Gasteiger partial charge in [0.25, 0.3) is 0 Å². The van der Waals surface area contributed by atoms with Crippen molar-refractivity contribution in [2.75, 3.05) is 5.73 Å². The predicted molar refractivity (Wildman–Crippen MR) is 73.9 cm³/mol. The number of benzene rings is 1. The Bertz CT molecular complexity index is 516. The van der Waals surface area contributed by atoms with Crippen LogP contribution in [0.3, 0.4) is 0 Å². The molecule has 18 heavy (non-hydrogen) atoms. The molecule has 5 heteroatoms. The molecule has 0 aliphatic rings. The van der Waals surface area contributed by atoms with E-state index in [1.165, 1.54) is 0 Å². The van der Waals surface area contributed by atoms with Gasteiger partial charge in [-0.15, -0.1) is 0 Å². The number of hydrogen-bond donors (Lipinski definition) is 3. The van der Waals surface area contributed by atoms with Crippen LogP contribution < -0.4 is 17.0 Å². The maximum Gasteiger partial charge on any atom is 0.0521 e. The molecule has 0 fully saturated rings. The van der Waals surface area contributed by atoms with Crippen LogP contribution in [0, 0.1) is 0 Å². The second-order valence-electron chi connectivity index (χ2n) is 4.06. The fraction of sp³-hybridized carbons (Fsp3) is 0.154. The molecule has 5 N–H and O–H groups in total. The Hall–Kier alpha value is -1.62. The van der Waals surface area contributed by atoms with E-state index in [9.17, 15) is 0 Å². The van der Waals surface area contributed by atoms with Crippen molar-refractivity contribution in [3.63, 3.8) is 0 Å². The molecule has 94 valence electrons. The second-order valence-corrected chi connectivity index (χ2v) is 4.49. The highest BCUT2D eigenvalue weighted by atomic mass is 35.5. The van der Waals surface area contributed by atoms with Gasteiger partial charge in [-0.3, -0.25) is 16.3 Å². The van der Waals surface area contributed by atoms with Crippen molar-refractivity contribution in [3.05, 3.63) is 58.9 Å². The van der Waals surface area contributed by atoms with Gasteiger partial charge in [-0.1, -0.05) is 23.7 Å². The Kier molecular flexibility index (Phi) is 4.15. The summed E-state index contributed by atoms with van der Waals surface area (Å²) in [6, 6.07) is 9.26. The number of nitrogens with zero attached hydrogens (tertiary/aromatic N) is 1. The monoisotopic (exact) mass is 262 g/mol. The van der Waals surface area contributed by atoms with Crippen LogP contribution in [-0.2, 0) is 6.42 Å². The zero-order valence-electron chi connectivity index (χ0n) is 9.81. The van der Waals surface area contributed by atoms with E-state index in [0.717, 1.165) is 17.5 Å². The summed E-state index contributed by atoms with van der Waals surface area (Å²) in [6.45, 7) is 0. The van der Waals surface area contributed by atoms with Crippen molar-refractivity contribution in [1.82, 2.24) is 10.4 Å². The maximum absolute atomic E-state index is 5.96. The van der Waals surface area contributed by atoms with Gasteiger partial charge in [-0.25, -0.2) is 0 Å². The molecule has 0 aliphatic heterocycles. The lowest BCUT2D eigenvalue weighted by molar-refractivity contribution is 0.553. The molecule has 1 aromatic carbocycles. The number of halogens is 1. The molecule has 0 bridgehead atoms. The molecule has 0 aliphatic carbocycles. The van der Waals surface area contributed by atoms with Crippen LogP contribution in [0.5, 0.6) is 0 Å². The van der Waals surface area contributed by atoms with Crippen molar-refractivity contribution < 1.29 is 0 Å². The molecule has 2 rings (SSSR count). The minimum absolute atomic E-state index is 0.0635. The molecule has 0 saturated heterocycles. The molecule has 1 aromatic heterocycles. The standard InChI is InChI=1S/C13H15ClN4/c14-10-3-4-11(12(15)7-10)13(18-16)6-9-2-1-5-17-8-9/h1-5,7-8,13,18H,6,15-16H2. The summed E-state index contributed by atoms with van der Waals surface area (Å²) >= 11 is 5.88. The number of rotatable bonds is 4. The SMILES string of the molecule is NNC(Cc1cccnc1)c1ccc(Cl)cc1N. The van der Waals surface area contributed by atoms with Gasteiger partial charge in [-0.05, 0) is 35.7 Å². The zero-order valence-corrected chi connectivity index (χ0v) is 10.6. The summed E-state index contributed by atoms with van der Waals surface area (Å²) in [5.74, 6) is 5.60. The zero-order chi connectivity index (χ0) is 13.0. The summed E-state index contributed by atoms with van der Waals surface area (Å²) in [4.78, 5) is 4.08. The molecule has 1 heterocycles. The van der Waals surface area contributed by atoms with Crippen LogP contribution >= 0.6 is 11.6 Å². The Morgan fingerprint density at radius 3 is 2.78 bits per heavy atom. The summed E-state index contributed by atoms with van der Waals surface area (Å²) in [7, 11) is 0. The van der Waals surface area contributed by atoms with E-state index in [0.29, 0.717) is 10.7 Å². The van der Waals surface area contributed by atoms with Gasteiger partial charge in [-0.2, -0.15) is 0 Å². The lowest BCUT2D eigenvalue weighted by Gasteiger charge is -2.18. The first kappa shape index (κ1) is 12.8. The fourth-order valence-corrected chi connectivity index (χ4v) is 2.06. The highest BCUT2D eigenvalue weighted by molar-refractivity contribution is 6.30. The van der Waals surface area contributed by atoms with Crippen molar-refractivity contribution in [2.45, 2.75) is 12.5 Å². The molecule has 2 aromatic rings. The van der Waals surface area contributed by atoms with Crippen molar-refractivity contribution in [1.29, 1.82) is 0 Å². The van der Waals surface area contributed by atoms with E-state index < -0.39 is 0 Å². The van der Waals surface area contributed by atoms with Gasteiger partial charge in [0.1, 0.15) is 0 Å². The number of hydrogen-bond acceptors (Lipinski definition) is 4. The van der Waals surface area contributed by atoms with Gasteiger partial charge in [0.15, 0.2) is 0 Å². The minimum atomic E-state index is -0.0635. The molecule has 0 radical (unpaired) electrons. The summed E-state index contributed by atoms with van der Waals surface area (Å²) in [5, 5.41) is 0.619. The van der Waals surface area contributed by atoms with Crippen molar-refractivity contribution in [3.8, 4) is 0 Å². The van der Waals surface area contributed by atoms with Gasteiger partial charge in [0, 0.05) is 23.1 Å². The first-order valence-electron chi connectivity index (χ1n) is 5.60. The number of nitrogens with two attached hydrogens (primary N) is 2. The summed E-state index contributed by atoms with van der Waals surface area (Å²) < 4.78 is 0. The van der Waals surface area contributed by atoms with E-state index >= 15 is 0 Å². The Morgan fingerprint density at radius 2 is 2.17 bits per heavy atom. The number of nitrogens with one attached hydrogen (secondary N) is 1. The first-order chi connectivity index (χ1) is 8.70. The van der Waals surface area contributed by atoms with Gasteiger partial charge >= 0.3 is 0 Å². The lowest BCUT2D eigenvalue weighted by atomic mass is 9.99. The van der Waals surface area contributed by atoms with Gasteiger partial charge in [0.05, 0.1) is 6.04 Å². The fourth-order valence-electron chi connectivity index (χ4n) is 1.88. The van der Waals surface area contributed by atoms with Gasteiger partial charge in [0.2, 0.25) is 0 Å². The number of anilines is 1. The predicted octanol–water partition coefficient (Wildman–Crippen LogP) is 2.06. The molecular weight excluding hydrogens is 248 g/mol. The quantitative estimate of drug-likeness (QED) is 0.448. The second kappa shape index (κ2) is 5.82. The minimum Gasteiger partial charge on any atom is -0.398 e. The topological polar surface area (TPSA) is 77.0 Å². The normalized spacial score (nSPS) is 12.3. The first-order valence-corrected chi connectivity index (χ1v) is 5.98.